The molecule has 130 valence electrons. The predicted octanol–water partition coefficient (Wildman–Crippen LogP) is 5.68. The van der Waals surface area contributed by atoms with E-state index in [1.165, 1.54) is 11.3 Å². The molecule has 0 radical (unpaired) electrons. The fourth-order valence-electron chi connectivity index (χ4n) is 3.01. The molecule has 0 amide bonds. The van der Waals surface area contributed by atoms with Gasteiger partial charge in [-0.15, -0.1) is 0 Å². The lowest BCUT2D eigenvalue weighted by Crippen LogP contribution is -2.10. The van der Waals surface area contributed by atoms with Crippen molar-refractivity contribution in [2.24, 2.45) is 0 Å². The summed E-state index contributed by atoms with van der Waals surface area (Å²) in [5, 5.41) is 0. The van der Waals surface area contributed by atoms with Gasteiger partial charge < -0.3 is 9.64 Å². The van der Waals surface area contributed by atoms with Crippen LogP contribution in [0.4, 0.5) is 10.1 Å². The number of halogens is 1. The number of rotatable bonds is 5. The standard InChI is InChI=1S/C22H24FNO/c1-16-11-12-18(14-22(16)24(2)3)17-8-6-9-20(13-17)25-15-19-7-4-5-10-21(19)23/h4,6-9,11-14H,5,10,15H2,1-3H3. The highest BCUT2D eigenvalue weighted by Crippen LogP contribution is 2.29. The summed E-state index contributed by atoms with van der Waals surface area (Å²) in [4.78, 5) is 2.11. The SMILES string of the molecule is Cc1ccc(-c2cccc(OCC3=C(F)CCC=C3)c2)cc1N(C)C. The Labute approximate surface area is 149 Å². The van der Waals surface area contributed by atoms with Crippen molar-refractivity contribution in [2.45, 2.75) is 19.8 Å². The molecular weight excluding hydrogens is 313 g/mol. The van der Waals surface area contributed by atoms with E-state index in [-0.39, 0.29) is 12.4 Å². The molecule has 0 spiro atoms. The molecule has 0 heterocycles. The molecule has 0 unspecified atom stereocenters. The van der Waals surface area contributed by atoms with Gasteiger partial charge in [-0.25, -0.2) is 4.39 Å². The molecule has 2 aromatic carbocycles. The molecule has 0 N–H and O–H groups in total. The van der Waals surface area contributed by atoms with E-state index in [9.17, 15) is 4.39 Å². The monoisotopic (exact) mass is 337 g/mol. The van der Waals surface area contributed by atoms with Gasteiger partial charge in [0.25, 0.3) is 0 Å². The minimum atomic E-state index is -0.0622. The summed E-state index contributed by atoms with van der Waals surface area (Å²) in [6.07, 6.45) is 5.07. The Morgan fingerprint density at radius 3 is 2.64 bits per heavy atom. The summed E-state index contributed by atoms with van der Waals surface area (Å²) in [7, 11) is 4.09. The Bertz CT molecular complexity index is 821. The van der Waals surface area contributed by atoms with Crippen molar-refractivity contribution in [3.8, 4) is 16.9 Å². The van der Waals surface area contributed by atoms with Gasteiger partial charge in [0.1, 0.15) is 18.2 Å². The first-order chi connectivity index (χ1) is 12.0. The van der Waals surface area contributed by atoms with Gasteiger partial charge in [0, 0.05) is 31.8 Å². The summed E-state index contributed by atoms with van der Waals surface area (Å²) >= 11 is 0. The largest absolute Gasteiger partial charge is 0.489 e. The molecule has 25 heavy (non-hydrogen) atoms. The molecule has 2 aromatic rings. The first-order valence-corrected chi connectivity index (χ1v) is 8.60. The molecule has 2 nitrogen and oxygen atoms in total. The highest BCUT2D eigenvalue weighted by molar-refractivity contribution is 5.71. The van der Waals surface area contributed by atoms with Crippen LogP contribution in [0.15, 0.2) is 66.0 Å². The van der Waals surface area contributed by atoms with Crippen LogP contribution in [0.25, 0.3) is 11.1 Å². The third kappa shape index (κ3) is 4.11. The van der Waals surface area contributed by atoms with Crippen molar-refractivity contribution in [3.05, 3.63) is 71.6 Å². The predicted molar refractivity (Wildman–Crippen MR) is 103 cm³/mol. The fourth-order valence-corrected chi connectivity index (χ4v) is 3.01. The lowest BCUT2D eigenvalue weighted by molar-refractivity contribution is 0.348. The van der Waals surface area contributed by atoms with Crippen LogP contribution in [0.5, 0.6) is 5.75 Å². The number of hydrogen-bond acceptors (Lipinski definition) is 2. The summed E-state index contributed by atoms with van der Waals surface area (Å²) in [5.41, 5.74) is 5.31. The second kappa shape index (κ2) is 7.56. The second-order valence-corrected chi connectivity index (χ2v) is 6.58. The molecule has 0 aliphatic heterocycles. The second-order valence-electron chi connectivity index (χ2n) is 6.58. The lowest BCUT2D eigenvalue weighted by atomic mass is 10.0. The molecule has 1 aliphatic rings. The molecule has 0 atom stereocenters. The average molecular weight is 337 g/mol. The number of allylic oxidation sites excluding steroid dienone is 2. The van der Waals surface area contributed by atoms with Crippen molar-refractivity contribution in [1.82, 2.24) is 0 Å². The Morgan fingerprint density at radius 1 is 1.08 bits per heavy atom. The molecule has 0 saturated heterocycles. The summed E-state index contributed by atoms with van der Waals surface area (Å²) < 4.78 is 19.6. The van der Waals surface area contributed by atoms with Crippen molar-refractivity contribution >= 4 is 5.69 Å². The minimum absolute atomic E-state index is 0.0622. The maximum absolute atomic E-state index is 13.8. The van der Waals surface area contributed by atoms with E-state index in [0.29, 0.717) is 12.0 Å². The van der Waals surface area contributed by atoms with Gasteiger partial charge >= 0.3 is 0 Å². The normalized spacial score (nSPS) is 13.9. The highest BCUT2D eigenvalue weighted by atomic mass is 19.1. The third-order valence-electron chi connectivity index (χ3n) is 4.45. The van der Waals surface area contributed by atoms with Crippen LogP contribution >= 0.6 is 0 Å². The zero-order valence-electron chi connectivity index (χ0n) is 15.1. The van der Waals surface area contributed by atoms with Gasteiger partial charge in [-0.05, 0) is 48.2 Å². The van der Waals surface area contributed by atoms with Crippen LogP contribution in [0.2, 0.25) is 0 Å². The molecule has 0 saturated carbocycles. The van der Waals surface area contributed by atoms with Crippen molar-refractivity contribution in [2.75, 3.05) is 25.6 Å². The molecule has 0 fully saturated rings. The maximum Gasteiger partial charge on any atom is 0.120 e. The van der Waals surface area contributed by atoms with E-state index in [4.69, 9.17) is 4.74 Å². The highest BCUT2D eigenvalue weighted by Gasteiger charge is 2.09. The van der Waals surface area contributed by atoms with Crippen molar-refractivity contribution < 1.29 is 9.13 Å². The van der Waals surface area contributed by atoms with Gasteiger partial charge in [0.05, 0.1) is 0 Å². The van der Waals surface area contributed by atoms with E-state index in [1.54, 1.807) is 0 Å². The number of aryl methyl sites for hydroxylation is 1. The minimum Gasteiger partial charge on any atom is -0.489 e. The van der Waals surface area contributed by atoms with E-state index in [0.717, 1.165) is 23.3 Å². The smallest absolute Gasteiger partial charge is 0.120 e. The quantitative estimate of drug-likeness (QED) is 0.696. The zero-order chi connectivity index (χ0) is 17.8. The van der Waals surface area contributed by atoms with Gasteiger partial charge in [-0.3, -0.25) is 0 Å². The summed E-state index contributed by atoms with van der Waals surface area (Å²) in [6, 6.07) is 14.4. The number of benzene rings is 2. The van der Waals surface area contributed by atoms with Crippen LogP contribution in [0, 0.1) is 6.92 Å². The molecule has 3 heteroatoms. The number of nitrogens with zero attached hydrogens (tertiary/aromatic N) is 1. The van der Waals surface area contributed by atoms with Crippen LogP contribution in [-0.4, -0.2) is 20.7 Å². The first-order valence-electron chi connectivity index (χ1n) is 8.60. The van der Waals surface area contributed by atoms with Crippen LogP contribution in [0.1, 0.15) is 18.4 Å². The van der Waals surface area contributed by atoms with E-state index < -0.39 is 0 Å². The van der Waals surface area contributed by atoms with Crippen molar-refractivity contribution in [1.29, 1.82) is 0 Å². The molecule has 3 rings (SSSR count). The Kier molecular flexibility index (Phi) is 5.22. The molecule has 1 aliphatic carbocycles. The average Bonchev–Trinajstić information content (AvgIpc) is 2.61. The van der Waals surface area contributed by atoms with Crippen LogP contribution in [0.3, 0.4) is 0 Å². The number of anilines is 1. The number of ether oxygens (including phenoxy) is 1. The molecule has 0 bridgehead atoms. The van der Waals surface area contributed by atoms with Gasteiger partial charge in [0.15, 0.2) is 0 Å². The first kappa shape index (κ1) is 17.3. The Morgan fingerprint density at radius 2 is 1.88 bits per heavy atom. The zero-order valence-corrected chi connectivity index (χ0v) is 15.1. The van der Waals surface area contributed by atoms with Gasteiger partial charge in [-0.1, -0.05) is 36.4 Å². The van der Waals surface area contributed by atoms with E-state index in [2.05, 4.69) is 36.1 Å². The summed E-state index contributed by atoms with van der Waals surface area (Å²) in [6.45, 7) is 2.38. The van der Waals surface area contributed by atoms with Gasteiger partial charge in [-0.2, -0.15) is 0 Å². The van der Waals surface area contributed by atoms with Crippen LogP contribution in [-0.2, 0) is 0 Å². The Hall–Kier alpha value is -2.55. The summed E-state index contributed by atoms with van der Waals surface area (Å²) in [5.74, 6) is 0.691. The third-order valence-corrected chi connectivity index (χ3v) is 4.45. The maximum atomic E-state index is 13.8. The van der Waals surface area contributed by atoms with E-state index in [1.807, 2.05) is 44.4 Å². The van der Waals surface area contributed by atoms with Gasteiger partial charge in [0.2, 0.25) is 0 Å². The Balaban J connectivity index is 1.80. The number of hydrogen-bond donors (Lipinski definition) is 0. The molecular formula is C22H24FNO. The van der Waals surface area contributed by atoms with Crippen LogP contribution < -0.4 is 9.64 Å². The van der Waals surface area contributed by atoms with Crippen molar-refractivity contribution in [3.63, 3.8) is 0 Å². The molecule has 0 aromatic heterocycles. The topological polar surface area (TPSA) is 12.5 Å². The fraction of sp³-hybridized carbons (Fsp3) is 0.273. The lowest BCUT2D eigenvalue weighted by Gasteiger charge is -2.17. The van der Waals surface area contributed by atoms with E-state index >= 15 is 0 Å².